The van der Waals surface area contributed by atoms with Crippen molar-refractivity contribution < 1.29 is 0 Å². The zero-order valence-corrected chi connectivity index (χ0v) is 9.45. The molecule has 1 aliphatic heterocycles. The third-order valence-electron chi connectivity index (χ3n) is 3.11. The van der Waals surface area contributed by atoms with Crippen molar-refractivity contribution in [3.05, 3.63) is 35.9 Å². The summed E-state index contributed by atoms with van der Waals surface area (Å²) < 4.78 is 0. The van der Waals surface area contributed by atoms with Gasteiger partial charge >= 0.3 is 0 Å². The summed E-state index contributed by atoms with van der Waals surface area (Å²) in [7, 11) is 0. The monoisotopic (exact) mass is 204 g/mol. The number of nitrogens with one attached hydrogen (secondary N) is 1. The molecule has 0 radical (unpaired) electrons. The summed E-state index contributed by atoms with van der Waals surface area (Å²) in [6.45, 7) is 8.17. The molecule has 1 N–H and O–H groups in total. The highest BCUT2D eigenvalue weighted by atomic mass is 15.2. The largest absolute Gasteiger partial charge is 0.314 e. The molecule has 0 aliphatic carbocycles. The molecule has 1 atom stereocenters. The molecule has 2 rings (SSSR count). The normalized spacial score (nSPS) is 20.1. The van der Waals surface area contributed by atoms with E-state index in [2.05, 4.69) is 47.5 Å². The molecule has 1 heterocycles. The average Bonchev–Trinajstić information content (AvgIpc) is 2.31. The molecule has 0 saturated carbocycles. The van der Waals surface area contributed by atoms with E-state index in [1.807, 2.05) is 0 Å². The van der Waals surface area contributed by atoms with Gasteiger partial charge in [-0.2, -0.15) is 0 Å². The Labute approximate surface area is 92.3 Å². The first-order valence-corrected chi connectivity index (χ1v) is 5.84. The average molecular weight is 204 g/mol. The molecule has 0 bridgehead atoms. The summed E-state index contributed by atoms with van der Waals surface area (Å²) in [6.07, 6.45) is 0. The Morgan fingerprint density at radius 2 is 1.87 bits per heavy atom. The second-order valence-corrected chi connectivity index (χ2v) is 4.36. The van der Waals surface area contributed by atoms with E-state index in [1.165, 1.54) is 25.2 Å². The SMILES string of the molecule is CC(CN1CCNCC1)c1ccccc1. The van der Waals surface area contributed by atoms with E-state index in [9.17, 15) is 0 Å². The van der Waals surface area contributed by atoms with Gasteiger partial charge in [0.25, 0.3) is 0 Å². The summed E-state index contributed by atoms with van der Waals surface area (Å²) >= 11 is 0. The van der Waals surface area contributed by atoms with Gasteiger partial charge in [0.2, 0.25) is 0 Å². The van der Waals surface area contributed by atoms with Gasteiger partial charge in [0, 0.05) is 32.7 Å². The molecule has 2 heteroatoms. The van der Waals surface area contributed by atoms with Gasteiger partial charge in [-0.05, 0) is 11.5 Å². The molecule has 82 valence electrons. The minimum atomic E-state index is 0.643. The standard InChI is InChI=1S/C13H20N2/c1-12(13-5-3-2-4-6-13)11-15-9-7-14-8-10-15/h2-6,12,14H,7-11H2,1H3. The van der Waals surface area contributed by atoms with Crippen LogP contribution >= 0.6 is 0 Å². The van der Waals surface area contributed by atoms with Crippen molar-refractivity contribution in [2.75, 3.05) is 32.7 Å². The van der Waals surface area contributed by atoms with Crippen LogP contribution in [0.1, 0.15) is 18.4 Å². The molecule has 1 fully saturated rings. The zero-order chi connectivity index (χ0) is 10.5. The van der Waals surface area contributed by atoms with Crippen molar-refractivity contribution in [2.24, 2.45) is 0 Å². The molecule has 0 aromatic heterocycles. The van der Waals surface area contributed by atoms with Crippen molar-refractivity contribution in [1.29, 1.82) is 0 Å². The van der Waals surface area contributed by atoms with E-state index in [4.69, 9.17) is 0 Å². The highest BCUT2D eigenvalue weighted by molar-refractivity contribution is 5.19. The van der Waals surface area contributed by atoms with Crippen LogP contribution in [0.5, 0.6) is 0 Å². The molecule has 15 heavy (non-hydrogen) atoms. The fourth-order valence-corrected chi connectivity index (χ4v) is 2.17. The summed E-state index contributed by atoms with van der Waals surface area (Å²) in [5, 5.41) is 3.39. The van der Waals surface area contributed by atoms with Gasteiger partial charge < -0.3 is 10.2 Å². The smallest absolute Gasteiger partial charge is 0.0108 e. The lowest BCUT2D eigenvalue weighted by Gasteiger charge is -2.29. The minimum Gasteiger partial charge on any atom is -0.314 e. The van der Waals surface area contributed by atoms with Crippen LogP contribution in [0.25, 0.3) is 0 Å². The molecule has 1 saturated heterocycles. The van der Waals surface area contributed by atoms with Crippen molar-refractivity contribution in [2.45, 2.75) is 12.8 Å². The van der Waals surface area contributed by atoms with Crippen molar-refractivity contribution in [1.82, 2.24) is 10.2 Å². The topological polar surface area (TPSA) is 15.3 Å². The summed E-state index contributed by atoms with van der Waals surface area (Å²) in [5.74, 6) is 0.643. The molecule has 1 aliphatic rings. The molecule has 2 nitrogen and oxygen atoms in total. The van der Waals surface area contributed by atoms with Crippen molar-refractivity contribution in [3.63, 3.8) is 0 Å². The highest BCUT2D eigenvalue weighted by Gasteiger charge is 2.13. The van der Waals surface area contributed by atoms with Gasteiger partial charge in [0.1, 0.15) is 0 Å². The lowest BCUT2D eigenvalue weighted by molar-refractivity contribution is 0.230. The Bertz CT molecular complexity index is 278. The number of piperazine rings is 1. The quantitative estimate of drug-likeness (QED) is 0.806. The van der Waals surface area contributed by atoms with E-state index >= 15 is 0 Å². The van der Waals surface area contributed by atoms with Gasteiger partial charge in [0.05, 0.1) is 0 Å². The van der Waals surface area contributed by atoms with E-state index in [-0.39, 0.29) is 0 Å². The Kier molecular flexibility index (Phi) is 3.75. The lowest BCUT2D eigenvalue weighted by atomic mass is 10.0. The minimum absolute atomic E-state index is 0.643. The Hall–Kier alpha value is -0.860. The van der Waals surface area contributed by atoms with E-state index < -0.39 is 0 Å². The molecule has 1 aromatic rings. The molecule has 1 unspecified atom stereocenters. The molecular formula is C13H20N2. The maximum Gasteiger partial charge on any atom is 0.0108 e. The lowest BCUT2D eigenvalue weighted by Crippen LogP contribution is -2.44. The number of hydrogen-bond donors (Lipinski definition) is 1. The third-order valence-corrected chi connectivity index (χ3v) is 3.11. The predicted octanol–water partition coefficient (Wildman–Crippen LogP) is 1.70. The fourth-order valence-electron chi connectivity index (χ4n) is 2.17. The van der Waals surface area contributed by atoms with Crippen LogP contribution < -0.4 is 5.32 Å². The van der Waals surface area contributed by atoms with Crippen LogP contribution in [0.2, 0.25) is 0 Å². The molecular weight excluding hydrogens is 184 g/mol. The second-order valence-electron chi connectivity index (χ2n) is 4.36. The first kappa shape index (κ1) is 10.7. The maximum atomic E-state index is 3.39. The summed E-state index contributed by atoms with van der Waals surface area (Å²) in [6, 6.07) is 10.8. The van der Waals surface area contributed by atoms with Crippen molar-refractivity contribution in [3.8, 4) is 0 Å². The molecule has 0 spiro atoms. The van der Waals surface area contributed by atoms with Gasteiger partial charge in [-0.25, -0.2) is 0 Å². The Morgan fingerprint density at radius 1 is 1.20 bits per heavy atom. The van der Waals surface area contributed by atoms with E-state index in [1.54, 1.807) is 0 Å². The summed E-state index contributed by atoms with van der Waals surface area (Å²) in [5.41, 5.74) is 1.45. The number of nitrogens with zero attached hydrogens (tertiary/aromatic N) is 1. The Balaban J connectivity index is 1.88. The van der Waals surface area contributed by atoms with Gasteiger partial charge in [-0.3, -0.25) is 0 Å². The second kappa shape index (κ2) is 5.29. The first-order chi connectivity index (χ1) is 7.36. The first-order valence-electron chi connectivity index (χ1n) is 5.84. The van der Waals surface area contributed by atoms with Crippen LogP contribution in [-0.4, -0.2) is 37.6 Å². The fraction of sp³-hybridized carbons (Fsp3) is 0.538. The van der Waals surface area contributed by atoms with Crippen LogP contribution in [0, 0.1) is 0 Å². The predicted molar refractivity (Wildman–Crippen MR) is 64.2 cm³/mol. The van der Waals surface area contributed by atoms with Crippen LogP contribution in [0.4, 0.5) is 0 Å². The van der Waals surface area contributed by atoms with E-state index in [0.29, 0.717) is 5.92 Å². The van der Waals surface area contributed by atoms with Gasteiger partial charge in [-0.1, -0.05) is 37.3 Å². The summed E-state index contributed by atoms with van der Waals surface area (Å²) in [4.78, 5) is 2.55. The van der Waals surface area contributed by atoms with Gasteiger partial charge in [0.15, 0.2) is 0 Å². The van der Waals surface area contributed by atoms with Gasteiger partial charge in [-0.15, -0.1) is 0 Å². The van der Waals surface area contributed by atoms with Crippen LogP contribution in [0.3, 0.4) is 0 Å². The number of hydrogen-bond acceptors (Lipinski definition) is 2. The number of benzene rings is 1. The van der Waals surface area contributed by atoms with Crippen LogP contribution in [-0.2, 0) is 0 Å². The zero-order valence-electron chi connectivity index (χ0n) is 9.45. The Morgan fingerprint density at radius 3 is 2.53 bits per heavy atom. The highest BCUT2D eigenvalue weighted by Crippen LogP contribution is 2.15. The maximum absolute atomic E-state index is 3.39. The third kappa shape index (κ3) is 3.05. The van der Waals surface area contributed by atoms with E-state index in [0.717, 1.165) is 13.1 Å². The van der Waals surface area contributed by atoms with Crippen LogP contribution in [0.15, 0.2) is 30.3 Å². The number of rotatable bonds is 3. The molecule has 0 amide bonds. The van der Waals surface area contributed by atoms with Crippen molar-refractivity contribution >= 4 is 0 Å². The molecule has 1 aromatic carbocycles.